The van der Waals surface area contributed by atoms with Crippen molar-refractivity contribution in [2.24, 2.45) is 0 Å². The first-order valence-corrected chi connectivity index (χ1v) is 11.2. The number of amides is 1. The van der Waals surface area contributed by atoms with Crippen LogP contribution in [-0.4, -0.2) is 19.6 Å². The highest BCUT2D eigenvalue weighted by Crippen LogP contribution is 2.37. The van der Waals surface area contributed by atoms with Crippen molar-refractivity contribution in [1.29, 1.82) is 0 Å². The van der Waals surface area contributed by atoms with Gasteiger partial charge in [-0.2, -0.15) is 0 Å². The van der Waals surface area contributed by atoms with Gasteiger partial charge in [-0.3, -0.25) is 9.52 Å². The molecule has 0 bridgehead atoms. The molecule has 0 spiro atoms. The Morgan fingerprint density at radius 3 is 2.31 bits per heavy atom. The summed E-state index contributed by atoms with van der Waals surface area (Å²) in [6, 6.07) is 19.0. The fourth-order valence-electron chi connectivity index (χ4n) is 3.04. The number of hydrogen-bond acceptors (Lipinski definition) is 4. The average Bonchev–Trinajstić information content (AvgIpc) is 3.14. The van der Waals surface area contributed by atoms with Crippen LogP contribution >= 0.6 is 11.8 Å². The van der Waals surface area contributed by atoms with Gasteiger partial charge >= 0.3 is 0 Å². The highest BCUT2D eigenvalue weighted by Gasteiger charge is 2.28. The summed E-state index contributed by atoms with van der Waals surface area (Å²) in [4.78, 5) is 13.8. The van der Waals surface area contributed by atoms with Gasteiger partial charge in [0.05, 0.1) is 21.5 Å². The smallest absolute Gasteiger partial charge is 0.261 e. The van der Waals surface area contributed by atoms with E-state index in [2.05, 4.69) is 10.0 Å². The number of para-hydroxylation sites is 2. The molecule has 1 unspecified atom stereocenters. The SMILES string of the molecule is O=C(Nc1ccccc1NS(=O)(=O)c1ccc(F)cc1)C1Cc2ccccc2S1. The van der Waals surface area contributed by atoms with E-state index in [0.29, 0.717) is 12.1 Å². The first-order valence-electron chi connectivity index (χ1n) is 8.85. The molecular weight excluding hydrogens is 411 g/mol. The number of anilines is 2. The zero-order valence-corrected chi connectivity index (χ0v) is 16.8. The normalized spacial score (nSPS) is 15.6. The lowest BCUT2D eigenvalue weighted by Gasteiger charge is -2.15. The van der Waals surface area contributed by atoms with Gasteiger partial charge in [-0.25, -0.2) is 12.8 Å². The molecule has 1 atom stereocenters. The lowest BCUT2D eigenvalue weighted by atomic mass is 10.1. The van der Waals surface area contributed by atoms with Gasteiger partial charge in [-0.15, -0.1) is 11.8 Å². The second-order valence-corrected chi connectivity index (χ2v) is 9.44. The van der Waals surface area contributed by atoms with Gasteiger partial charge in [-0.1, -0.05) is 30.3 Å². The second kappa shape index (κ2) is 7.88. The molecule has 148 valence electrons. The van der Waals surface area contributed by atoms with Crippen LogP contribution in [0.3, 0.4) is 0 Å². The molecule has 1 heterocycles. The number of thioether (sulfide) groups is 1. The van der Waals surface area contributed by atoms with Gasteiger partial charge in [0.25, 0.3) is 10.0 Å². The van der Waals surface area contributed by atoms with E-state index in [1.165, 1.54) is 23.9 Å². The Bertz CT molecular complexity index is 1140. The molecular formula is C21H17FN2O3S2. The molecule has 0 fully saturated rings. The molecule has 0 aliphatic carbocycles. The number of benzene rings is 3. The van der Waals surface area contributed by atoms with E-state index in [1.54, 1.807) is 24.3 Å². The van der Waals surface area contributed by atoms with E-state index in [-0.39, 0.29) is 21.7 Å². The minimum atomic E-state index is -3.92. The lowest BCUT2D eigenvalue weighted by molar-refractivity contribution is -0.115. The summed E-state index contributed by atoms with van der Waals surface area (Å²) in [6.07, 6.45) is 0.621. The Labute approximate surface area is 172 Å². The molecule has 1 amide bonds. The van der Waals surface area contributed by atoms with Crippen LogP contribution in [0.25, 0.3) is 0 Å². The molecule has 0 saturated carbocycles. The third-order valence-electron chi connectivity index (χ3n) is 4.49. The summed E-state index contributed by atoms with van der Waals surface area (Å²) < 4.78 is 40.8. The van der Waals surface area contributed by atoms with E-state index in [0.717, 1.165) is 22.6 Å². The quantitative estimate of drug-likeness (QED) is 0.636. The summed E-state index contributed by atoms with van der Waals surface area (Å²) >= 11 is 1.49. The predicted octanol–water partition coefficient (Wildman–Crippen LogP) is 4.28. The Morgan fingerprint density at radius 1 is 0.931 bits per heavy atom. The molecule has 4 rings (SSSR count). The zero-order valence-electron chi connectivity index (χ0n) is 15.1. The first kappa shape index (κ1) is 19.5. The largest absolute Gasteiger partial charge is 0.323 e. The highest BCUT2D eigenvalue weighted by atomic mass is 32.2. The van der Waals surface area contributed by atoms with Gasteiger partial charge in [0, 0.05) is 4.90 Å². The minimum Gasteiger partial charge on any atom is -0.323 e. The molecule has 0 saturated heterocycles. The maximum atomic E-state index is 13.1. The summed E-state index contributed by atoms with van der Waals surface area (Å²) in [6.45, 7) is 0. The van der Waals surface area contributed by atoms with E-state index >= 15 is 0 Å². The van der Waals surface area contributed by atoms with Crippen molar-refractivity contribution < 1.29 is 17.6 Å². The summed E-state index contributed by atoms with van der Waals surface area (Å²) in [7, 11) is -3.92. The Balaban J connectivity index is 1.52. The number of nitrogens with one attached hydrogen (secondary N) is 2. The van der Waals surface area contributed by atoms with Crippen LogP contribution in [0.4, 0.5) is 15.8 Å². The Kier molecular flexibility index (Phi) is 5.29. The van der Waals surface area contributed by atoms with Crippen molar-refractivity contribution in [3.8, 4) is 0 Å². The number of rotatable bonds is 5. The van der Waals surface area contributed by atoms with Crippen molar-refractivity contribution in [3.05, 3.63) is 84.2 Å². The molecule has 29 heavy (non-hydrogen) atoms. The number of fused-ring (bicyclic) bond motifs is 1. The molecule has 3 aromatic rings. The third kappa shape index (κ3) is 4.28. The van der Waals surface area contributed by atoms with E-state index < -0.39 is 15.8 Å². The van der Waals surface area contributed by atoms with Crippen LogP contribution in [0, 0.1) is 5.82 Å². The number of carbonyl (C=O) groups excluding carboxylic acids is 1. The monoisotopic (exact) mass is 428 g/mol. The van der Waals surface area contributed by atoms with Crippen LogP contribution in [0.1, 0.15) is 5.56 Å². The van der Waals surface area contributed by atoms with Gasteiger partial charge in [0.1, 0.15) is 5.82 Å². The molecule has 2 N–H and O–H groups in total. The molecule has 1 aliphatic rings. The number of hydrogen-bond donors (Lipinski definition) is 2. The molecule has 0 aromatic heterocycles. The third-order valence-corrected chi connectivity index (χ3v) is 7.19. The van der Waals surface area contributed by atoms with Crippen molar-refractivity contribution in [2.45, 2.75) is 21.5 Å². The van der Waals surface area contributed by atoms with Crippen LogP contribution in [0.15, 0.2) is 82.6 Å². The van der Waals surface area contributed by atoms with Crippen molar-refractivity contribution in [1.82, 2.24) is 0 Å². The lowest BCUT2D eigenvalue weighted by Crippen LogP contribution is -2.25. The molecule has 3 aromatic carbocycles. The van der Waals surface area contributed by atoms with E-state index in [1.807, 2.05) is 24.3 Å². The van der Waals surface area contributed by atoms with Gasteiger partial charge < -0.3 is 5.32 Å². The maximum Gasteiger partial charge on any atom is 0.261 e. The average molecular weight is 429 g/mol. The molecule has 0 radical (unpaired) electrons. The van der Waals surface area contributed by atoms with E-state index in [4.69, 9.17) is 0 Å². The van der Waals surface area contributed by atoms with Crippen LogP contribution in [0.2, 0.25) is 0 Å². The summed E-state index contributed by atoms with van der Waals surface area (Å²) in [5, 5.41) is 2.54. The minimum absolute atomic E-state index is 0.0678. The fraction of sp³-hybridized carbons (Fsp3) is 0.0952. The summed E-state index contributed by atoms with van der Waals surface area (Å²) in [5.74, 6) is -0.716. The topological polar surface area (TPSA) is 75.3 Å². The van der Waals surface area contributed by atoms with Crippen molar-refractivity contribution >= 4 is 39.1 Å². The second-order valence-electron chi connectivity index (χ2n) is 6.51. The Morgan fingerprint density at radius 2 is 1.59 bits per heavy atom. The van der Waals surface area contributed by atoms with Crippen molar-refractivity contribution in [3.63, 3.8) is 0 Å². The van der Waals surface area contributed by atoms with Gasteiger partial charge in [0.15, 0.2) is 0 Å². The molecule has 1 aliphatic heterocycles. The van der Waals surface area contributed by atoms with Crippen LogP contribution in [-0.2, 0) is 21.2 Å². The standard InChI is InChI=1S/C21H17FN2O3S2/c22-15-9-11-16(12-10-15)29(26,27)24-18-7-3-2-6-17(18)23-21(25)20-13-14-5-1-4-8-19(14)28-20/h1-12,20,24H,13H2,(H,23,25). The molecule has 8 heteroatoms. The number of sulfonamides is 1. The van der Waals surface area contributed by atoms with Crippen LogP contribution in [0.5, 0.6) is 0 Å². The van der Waals surface area contributed by atoms with E-state index in [9.17, 15) is 17.6 Å². The predicted molar refractivity (Wildman–Crippen MR) is 112 cm³/mol. The maximum absolute atomic E-state index is 13.1. The van der Waals surface area contributed by atoms with Crippen LogP contribution < -0.4 is 10.0 Å². The molecule has 5 nitrogen and oxygen atoms in total. The number of carbonyl (C=O) groups is 1. The number of halogens is 1. The zero-order chi connectivity index (χ0) is 20.4. The first-order chi connectivity index (χ1) is 13.9. The van der Waals surface area contributed by atoms with Gasteiger partial charge in [0.2, 0.25) is 5.91 Å². The van der Waals surface area contributed by atoms with Crippen molar-refractivity contribution in [2.75, 3.05) is 10.0 Å². The fourth-order valence-corrected chi connectivity index (χ4v) is 5.32. The highest BCUT2D eigenvalue weighted by molar-refractivity contribution is 8.01. The van der Waals surface area contributed by atoms with Gasteiger partial charge in [-0.05, 0) is 54.4 Å². The summed E-state index contributed by atoms with van der Waals surface area (Å²) in [5.41, 5.74) is 1.73. The Hall–Kier alpha value is -2.84.